The summed E-state index contributed by atoms with van der Waals surface area (Å²) in [6, 6.07) is 2.48. The monoisotopic (exact) mass is 267 g/mol. The van der Waals surface area contributed by atoms with Gasteiger partial charge in [-0.2, -0.15) is 5.26 Å². The molecule has 1 heterocycles. The van der Waals surface area contributed by atoms with Crippen LogP contribution in [0.4, 0.5) is 4.79 Å². The number of ether oxygens (including phenoxy) is 1. The van der Waals surface area contributed by atoms with Crippen LogP contribution < -0.4 is 0 Å². The van der Waals surface area contributed by atoms with E-state index < -0.39 is 5.60 Å². The SMILES string of the molecule is C[C@@H]1CN(C(=O)OC(C)(C)C)CCN1CCCC#N. The van der Waals surface area contributed by atoms with Gasteiger partial charge in [0, 0.05) is 32.1 Å². The second kappa shape index (κ2) is 6.76. The van der Waals surface area contributed by atoms with Gasteiger partial charge >= 0.3 is 6.09 Å². The first-order valence-electron chi connectivity index (χ1n) is 6.92. The van der Waals surface area contributed by atoms with Gasteiger partial charge in [0.1, 0.15) is 5.60 Å². The maximum absolute atomic E-state index is 12.0. The Morgan fingerprint density at radius 3 is 2.63 bits per heavy atom. The van der Waals surface area contributed by atoms with Crippen LogP contribution in [-0.4, -0.2) is 53.7 Å². The number of carbonyl (C=O) groups excluding carboxylic acids is 1. The fraction of sp³-hybridized carbons (Fsp3) is 0.857. The summed E-state index contributed by atoms with van der Waals surface area (Å²) in [6.07, 6.45) is 1.27. The normalized spacial score (nSPS) is 21.0. The van der Waals surface area contributed by atoms with Gasteiger partial charge in [-0.15, -0.1) is 0 Å². The second-order valence-corrected chi connectivity index (χ2v) is 6.07. The van der Waals surface area contributed by atoms with Crippen LogP contribution in [-0.2, 0) is 4.74 Å². The third-order valence-electron chi connectivity index (χ3n) is 3.15. The molecule has 108 valence electrons. The second-order valence-electron chi connectivity index (χ2n) is 6.07. The fourth-order valence-corrected chi connectivity index (χ4v) is 2.18. The summed E-state index contributed by atoms with van der Waals surface area (Å²) < 4.78 is 5.38. The van der Waals surface area contributed by atoms with E-state index in [1.165, 1.54) is 0 Å². The fourth-order valence-electron chi connectivity index (χ4n) is 2.18. The highest BCUT2D eigenvalue weighted by atomic mass is 16.6. The Balaban J connectivity index is 2.41. The Morgan fingerprint density at radius 1 is 1.42 bits per heavy atom. The van der Waals surface area contributed by atoms with Gasteiger partial charge in [0.25, 0.3) is 0 Å². The summed E-state index contributed by atoms with van der Waals surface area (Å²) in [7, 11) is 0. The predicted octanol–water partition coefficient (Wildman–Crippen LogP) is 2.23. The van der Waals surface area contributed by atoms with Gasteiger partial charge in [0.05, 0.1) is 6.07 Å². The summed E-state index contributed by atoms with van der Waals surface area (Å²) in [5, 5.41) is 8.55. The van der Waals surface area contributed by atoms with Crippen molar-refractivity contribution in [2.45, 2.75) is 52.2 Å². The van der Waals surface area contributed by atoms with Crippen LogP contribution in [0, 0.1) is 11.3 Å². The largest absolute Gasteiger partial charge is 0.444 e. The number of amides is 1. The third-order valence-corrected chi connectivity index (χ3v) is 3.15. The van der Waals surface area contributed by atoms with Crippen molar-refractivity contribution in [3.8, 4) is 6.07 Å². The minimum absolute atomic E-state index is 0.226. The molecule has 0 spiro atoms. The van der Waals surface area contributed by atoms with Gasteiger partial charge in [-0.05, 0) is 40.7 Å². The molecular formula is C14H25N3O2. The highest BCUT2D eigenvalue weighted by Gasteiger charge is 2.29. The van der Waals surface area contributed by atoms with Gasteiger partial charge in [0.2, 0.25) is 0 Å². The highest BCUT2D eigenvalue weighted by molar-refractivity contribution is 5.68. The van der Waals surface area contributed by atoms with E-state index in [9.17, 15) is 4.79 Å². The van der Waals surface area contributed by atoms with Crippen LogP contribution in [0.3, 0.4) is 0 Å². The number of nitriles is 1. The number of hydrogen-bond acceptors (Lipinski definition) is 4. The standard InChI is InChI=1S/C14H25N3O2/c1-12-11-17(13(18)19-14(2,3)4)10-9-16(12)8-6-5-7-15/h12H,5-6,8-11H2,1-4H3/t12-/m1/s1. The summed E-state index contributed by atoms with van der Waals surface area (Å²) in [6.45, 7) is 10.9. The lowest BCUT2D eigenvalue weighted by molar-refractivity contribution is 0.00574. The Morgan fingerprint density at radius 2 is 2.11 bits per heavy atom. The molecule has 0 aromatic heterocycles. The minimum Gasteiger partial charge on any atom is -0.444 e. The van der Waals surface area contributed by atoms with E-state index >= 15 is 0 Å². The zero-order chi connectivity index (χ0) is 14.5. The third kappa shape index (κ3) is 5.48. The summed E-state index contributed by atoms with van der Waals surface area (Å²) in [5.41, 5.74) is -0.440. The molecule has 5 heteroatoms. The van der Waals surface area contributed by atoms with Gasteiger partial charge in [-0.25, -0.2) is 4.79 Å². The van der Waals surface area contributed by atoms with Gasteiger partial charge in [0.15, 0.2) is 0 Å². The molecule has 1 rings (SSSR count). The zero-order valence-electron chi connectivity index (χ0n) is 12.5. The Hall–Kier alpha value is -1.28. The summed E-state index contributed by atoms with van der Waals surface area (Å²) >= 11 is 0. The number of nitrogens with zero attached hydrogens (tertiary/aromatic N) is 3. The average Bonchev–Trinajstić information content (AvgIpc) is 2.29. The molecule has 0 aliphatic carbocycles. The Bertz CT molecular complexity index is 344. The number of piperazine rings is 1. The maximum Gasteiger partial charge on any atom is 0.410 e. The molecule has 1 amide bonds. The molecule has 1 fully saturated rings. The molecule has 0 aromatic rings. The van der Waals surface area contributed by atoms with Gasteiger partial charge in [-0.3, -0.25) is 4.90 Å². The van der Waals surface area contributed by atoms with Crippen LogP contribution >= 0.6 is 0 Å². The molecule has 0 unspecified atom stereocenters. The van der Waals surface area contributed by atoms with E-state index in [4.69, 9.17) is 10.00 Å². The van der Waals surface area contributed by atoms with Crippen molar-refractivity contribution in [1.82, 2.24) is 9.80 Å². The first kappa shape index (κ1) is 15.8. The topological polar surface area (TPSA) is 56.6 Å². The molecule has 1 aliphatic rings. The lowest BCUT2D eigenvalue weighted by Gasteiger charge is -2.40. The first-order valence-corrected chi connectivity index (χ1v) is 6.92. The van der Waals surface area contributed by atoms with Crippen LogP contribution in [0.25, 0.3) is 0 Å². The van der Waals surface area contributed by atoms with Gasteiger partial charge < -0.3 is 9.64 Å². The van der Waals surface area contributed by atoms with Gasteiger partial charge in [-0.1, -0.05) is 0 Å². The molecule has 0 saturated carbocycles. The number of unbranched alkanes of at least 4 members (excludes halogenated alkanes) is 1. The number of hydrogen-bond donors (Lipinski definition) is 0. The van der Waals surface area contributed by atoms with Crippen molar-refractivity contribution >= 4 is 6.09 Å². The quantitative estimate of drug-likeness (QED) is 0.736. The Kier molecular flexibility index (Phi) is 5.61. The first-order chi connectivity index (χ1) is 8.83. The van der Waals surface area contributed by atoms with E-state index in [0.717, 1.165) is 19.5 Å². The van der Waals surface area contributed by atoms with Crippen LogP contribution in [0.1, 0.15) is 40.5 Å². The van der Waals surface area contributed by atoms with Crippen molar-refractivity contribution in [2.24, 2.45) is 0 Å². The predicted molar refractivity (Wildman–Crippen MR) is 73.7 cm³/mol. The summed E-state index contributed by atoms with van der Waals surface area (Å²) in [5.74, 6) is 0. The molecular weight excluding hydrogens is 242 g/mol. The van der Waals surface area contributed by atoms with Crippen LogP contribution in [0.15, 0.2) is 0 Å². The lowest BCUT2D eigenvalue weighted by atomic mass is 10.1. The molecule has 0 bridgehead atoms. The van der Waals surface area contributed by atoms with E-state index in [1.807, 2.05) is 20.8 Å². The molecule has 1 aliphatic heterocycles. The van der Waals surface area contributed by atoms with Crippen LogP contribution in [0.2, 0.25) is 0 Å². The maximum atomic E-state index is 12.0. The van der Waals surface area contributed by atoms with Crippen molar-refractivity contribution in [2.75, 3.05) is 26.2 Å². The van der Waals surface area contributed by atoms with Crippen molar-refractivity contribution in [3.63, 3.8) is 0 Å². The zero-order valence-corrected chi connectivity index (χ0v) is 12.5. The number of rotatable bonds is 3. The van der Waals surface area contributed by atoms with Crippen molar-refractivity contribution < 1.29 is 9.53 Å². The minimum atomic E-state index is -0.440. The molecule has 0 aromatic carbocycles. The average molecular weight is 267 g/mol. The molecule has 1 saturated heterocycles. The summed E-state index contributed by atoms with van der Waals surface area (Å²) in [4.78, 5) is 16.1. The molecule has 0 N–H and O–H groups in total. The van der Waals surface area contributed by atoms with E-state index in [1.54, 1.807) is 4.90 Å². The Labute approximate surface area is 116 Å². The van der Waals surface area contributed by atoms with Crippen molar-refractivity contribution in [1.29, 1.82) is 5.26 Å². The molecule has 19 heavy (non-hydrogen) atoms. The smallest absolute Gasteiger partial charge is 0.410 e. The van der Waals surface area contributed by atoms with Crippen molar-refractivity contribution in [3.05, 3.63) is 0 Å². The van der Waals surface area contributed by atoms with E-state index in [2.05, 4.69) is 17.9 Å². The molecule has 1 atom stereocenters. The van der Waals surface area contributed by atoms with E-state index in [-0.39, 0.29) is 6.09 Å². The van der Waals surface area contributed by atoms with Crippen LogP contribution in [0.5, 0.6) is 0 Å². The van der Waals surface area contributed by atoms with E-state index in [0.29, 0.717) is 25.6 Å². The lowest BCUT2D eigenvalue weighted by Crippen LogP contribution is -2.54. The number of carbonyl (C=O) groups is 1. The molecule has 5 nitrogen and oxygen atoms in total. The highest BCUT2D eigenvalue weighted by Crippen LogP contribution is 2.15. The molecule has 0 radical (unpaired) electrons.